The van der Waals surface area contributed by atoms with Gasteiger partial charge in [-0.2, -0.15) is 0 Å². The van der Waals surface area contributed by atoms with Gasteiger partial charge in [0.15, 0.2) is 17.2 Å². The monoisotopic (exact) mass is 796 g/mol. The van der Waals surface area contributed by atoms with Gasteiger partial charge in [-0.1, -0.05) is 217 Å². The topological polar surface area (TPSA) is 43.4 Å². The van der Waals surface area contributed by atoms with E-state index >= 15 is 9.59 Å². The molecule has 2 bridgehead atoms. The van der Waals surface area contributed by atoms with Gasteiger partial charge in [-0.25, -0.2) is 0 Å². The van der Waals surface area contributed by atoms with Crippen LogP contribution in [0.25, 0.3) is 5.57 Å². The van der Waals surface area contributed by atoms with Gasteiger partial charge in [0.2, 0.25) is 0 Å². The third kappa shape index (κ3) is 7.49. The van der Waals surface area contributed by atoms with Crippen molar-refractivity contribution < 1.29 is 14.3 Å². The zero-order valence-corrected chi connectivity index (χ0v) is 38.2. The summed E-state index contributed by atoms with van der Waals surface area (Å²) < 4.78 is 6.70. The number of methoxy groups -OCH3 is 1. The summed E-state index contributed by atoms with van der Waals surface area (Å²) in [6.45, 7) is 26.6. The first-order valence-corrected chi connectivity index (χ1v) is 21.6. The van der Waals surface area contributed by atoms with Gasteiger partial charge in [0, 0.05) is 24.5 Å². The Labute approximate surface area is 360 Å². The van der Waals surface area contributed by atoms with E-state index in [9.17, 15) is 0 Å². The molecular formula is C57H64O3. The molecule has 5 aromatic carbocycles. The number of Topliss-reactive ketones (excluding diaryl/α,β-unsaturated/α-hetero) is 2. The number of carbonyl (C=O) groups excluding carboxylic acids is 2. The summed E-state index contributed by atoms with van der Waals surface area (Å²) in [5.41, 5.74) is 7.31. The van der Waals surface area contributed by atoms with Crippen molar-refractivity contribution in [3.05, 3.63) is 195 Å². The maximum Gasteiger partial charge on any atom is 0.191 e. The van der Waals surface area contributed by atoms with E-state index in [0.717, 1.165) is 33.4 Å². The first-order valence-electron chi connectivity index (χ1n) is 21.6. The molecule has 5 aromatic rings. The third-order valence-corrected chi connectivity index (χ3v) is 13.1. The molecule has 0 unspecified atom stereocenters. The second kappa shape index (κ2) is 15.1. The molecular weight excluding hydrogens is 733 g/mol. The lowest BCUT2D eigenvalue weighted by atomic mass is 9.59. The summed E-state index contributed by atoms with van der Waals surface area (Å²) in [6.07, 6.45) is 3.89. The molecule has 0 aromatic heterocycles. The predicted molar refractivity (Wildman–Crippen MR) is 249 cm³/mol. The average molecular weight is 797 g/mol. The highest BCUT2D eigenvalue weighted by Gasteiger charge is 2.68. The van der Waals surface area contributed by atoms with Gasteiger partial charge in [-0.3, -0.25) is 9.59 Å². The van der Waals surface area contributed by atoms with E-state index in [1.165, 1.54) is 22.3 Å². The number of rotatable bonds is 8. The molecule has 60 heavy (non-hydrogen) atoms. The number of ether oxygens (including phenoxy) is 1. The number of benzene rings is 5. The van der Waals surface area contributed by atoms with Crippen LogP contribution >= 0.6 is 0 Å². The van der Waals surface area contributed by atoms with Crippen molar-refractivity contribution in [1.82, 2.24) is 0 Å². The van der Waals surface area contributed by atoms with E-state index in [1.807, 2.05) is 42.5 Å². The highest BCUT2D eigenvalue weighted by atomic mass is 16.5. The number of fused-ring (bicyclic) bond motifs is 2. The Bertz CT molecular complexity index is 2320. The van der Waals surface area contributed by atoms with Gasteiger partial charge in [0.1, 0.15) is 5.41 Å². The molecule has 0 radical (unpaired) electrons. The summed E-state index contributed by atoms with van der Waals surface area (Å²) >= 11 is 0. The number of carbonyl (C=O) groups is 2. The summed E-state index contributed by atoms with van der Waals surface area (Å²) in [6, 6.07) is 44.6. The van der Waals surface area contributed by atoms with Gasteiger partial charge in [0.25, 0.3) is 0 Å². The normalized spacial score (nSPS) is 19.9. The minimum Gasteiger partial charge on any atom is -0.362 e. The summed E-state index contributed by atoms with van der Waals surface area (Å²) in [5, 5.41) is 0. The highest BCUT2D eigenvalue weighted by molar-refractivity contribution is 6.37. The Hall–Kier alpha value is -5.12. The van der Waals surface area contributed by atoms with Crippen molar-refractivity contribution in [3.8, 4) is 0 Å². The zero-order chi connectivity index (χ0) is 43.6. The molecule has 0 N–H and O–H groups in total. The number of hydrogen-bond acceptors (Lipinski definition) is 3. The quantitative estimate of drug-likeness (QED) is 0.116. The van der Waals surface area contributed by atoms with Crippen LogP contribution in [-0.4, -0.2) is 24.3 Å². The Balaban J connectivity index is 1.58. The molecule has 0 amide bonds. The van der Waals surface area contributed by atoms with E-state index in [-0.39, 0.29) is 33.2 Å². The molecule has 310 valence electrons. The lowest BCUT2D eigenvalue weighted by molar-refractivity contribution is -0.145. The molecule has 0 saturated carbocycles. The fourth-order valence-electron chi connectivity index (χ4n) is 9.38. The van der Waals surface area contributed by atoms with Gasteiger partial charge in [0.05, 0.1) is 0 Å². The minimum atomic E-state index is -1.63. The molecule has 2 aliphatic rings. The smallest absolute Gasteiger partial charge is 0.191 e. The maximum absolute atomic E-state index is 16.2. The third-order valence-electron chi connectivity index (χ3n) is 13.1. The Morgan fingerprint density at radius 1 is 0.450 bits per heavy atom. The highest BCUT2D eigenvalue weighted by Crippen LogP contribution is 2.61. The van der Waals surface area contributed by atoms with Crippen LogP contribution in [0.15, 0.2) is 145 Å². The predicted octanol–water partition coefficient (Wildman–Crippen LogP) is 13.4. The van der Waals surface area contributed by atoms with Crippen molar-refractivity contribution in [2.24, 2.45) is 5.41 Å². The van der Waals surface area contributed by atoms with E-state index < -0.39 is 22.9 Å². The van der Waals surface area contributed by atoms with Crippen LogP contribution in [0.3, 0.4) is 0 Å². The molecule has 3 heteroatoms. The number of ketones is 2. The Morgan fingerprint density at radius 3 is 1.13 bits per heavy atom. The van der Waals surface area contributed by atoms with E-state index in [0.29, 0.717) is 5.57 Å². The summed E-state index contributed by atoms with van der Waals surface area (Å²) in [7, 11) is 1.63. The van der Waals surface area contributed by atoms with Crippen LogP contribution in [0.2, 0.25) is 0 Å². The van der Waals surface area contributed by atoms with Gasteiger partial charge >= 0.3 is 0 Å². The fraction of sp³-hybridized carbons (Fsp3) is 0.368. The molecule has 2 atom stereocenters. The SMILES string of the molecule is CO[C@@]12C=C(c3ccccc3)C(=O)[C@@](C(c3ccc(C(C)(C)C)cc3)c3ccc(C(C)(C)C)cc3)(C=C1C(c1ccc(C(C)(C)C)cc1)c1ccc(C(C)(C)C)cc1)C2=O. The number of hydrogen-bond donors (Lipinski definition) is 0. The van der Waals surface area contributed by atoms with Gasteiger partial charge in [-0.05, 0) is 83.4 Å². The maximum atomic E-state index is 16.2. The Kier molecular flexibility index (Phi) is 10.8. The van der Waals surface area contributed by atoms with Gasteiger partial charge in [-0.15, -0.1) is 0 Å². The average Bonchev–Trinajstić information content (AvgIpc) is 3.37. The van der Waals surface area contributed by atoms with Crippen LogP contribution in [0.1, 0.15) is 145 Å². The summed E-state index contributed by atoms with van der Waals surface area (Å²) in [5.74, 6) is -1.50. The minimum absolute atomic E-state index is 0.0443. The van der Waals surface area contributed by atoms with Crippen LogP contribution in [0.5, 0.6) is 0 Å². The lowest BCUT2D eigenvalue weighted by Crippen LogP contribution is -2.54. The fourth-order valence-corrected chi connectivity index (χ4v) is 9.38. The molecule has 0 saturated heterocycles. The van der Waals surface area contributed by atoms with Crippen molar-refractivity contribution in [3.63, 3.8) is 0 Å². The first-order chi connectivity index (χ1) is 28.0. The van der Waals surface area contributed by atoms with Gasteiger partial charge < -0.3 is 4.74 Å². The van der Waals surface area contributed by atoms with Crippen molar-refractivity contribution in [2.75, 3.05) is 7.11 Å². The van der Waals surface area contributed by atoms with Crippen LogP contribution < -0.4 is 0 Å². The molecule has 0 spiro atoms. The zero-order valence-electron chi connectivity index (χ0n) is 38.2. The van der Waals surface area contributed by atoms with E-state index in [2.05, 4.69) is 180 Å². The van der Waals surface area contributed by atoms with Crippen molar-refractivity contribution in [2.45, 2.75) is 122 Å². The lowest BCUT2D eigenvalue weighted by Gasteiger charge is -2.42. The van der Waals surface area contributed by atoms with Crippen molar-refractivity contribution in [1.29, 1.82) is 0 Å². The second-order valence-electron chi connectivity index (χ2n) is 21.3. The first kappa shape index (κ1) is 43.0. The molecule has 7 rings (SSSR count). The van der Waals surface area contributed by atoms with E-state index in [4.69, 9.17) is 4.74 Å². The standard InChI is InChI=1S/C57H64O3/c1-52(2,3)42-27-19-38(20-28-42)48(39-21-29-43(30-22-39)53(4,5)6)47-36-56(50(58)46(37-17-15-14-16-18-37)35-57(47,60-13)51(56)59)49(40-23-31-44(32-24-40)54(7,8)9)41-25-33-45(34-26-41)55(10,11)12/h14-36,48-49H,1-13H3/t56-,57-/m0/s1. The summed E-state index contributed by atoms with van der Waals surface area (Å²) in [4.78, 5) is 32.2. The molecule has 0 heterocycles. The number of allylic oxidation sites excluding steroid dienone is 2. The molecule has 3 nitrogen and oxygen atoms in total. The largest absolute Gasteiger partial charge is 0.362 e. The molecule has 0 aliphatic heterocycles. The Morgan fingerprint density at radius 2 is 0.800 bits per heavy atom. The van der Waals surface area contributed by atoms with E-state index in [1.54, 1.807) is 7.11 Å². The van der Waals surface area contributed by atoms with Crippen LogP contribution in [-0.2, 0) is 36.0 Å². The molecule has 0 fully saturated rings. The molecule has 2 aliphatic carbocycles. The van der Waals surface area contributed by atoms with Crippen molar-refractivity contribution >= 4 is 17.1 Å². The second-order valence-corrected chi connectivity index (χ2v) is 21.3. The van der Waals surface area contributed by atoms with Crippen LogP contribution in [0, 0.1) is 5.41 Å². The van der Waals surface area contributed by atoms with Crippen LogP contribution in [0.4, 0.5) is 0 Å².